The van der Waals surface area contributed by atoms with E-state index in [-0.39, 0.29) is 24.3 Å². The summed E-state index contributed by atoms with van der Waals surface area (Å²) in [6.07, 6.45) is -0.314. The standard InChI is InChI=1S/C16H12ClFN2O6S/c17-14-5-4-13(27-14)12(21)3-6-16(23)26-8-15(22)19-9-1-2-10(18)11(7-9)20(24)25/h1-2,4-5,7H,3,6,8H2,(H,19,22). The van der Waals surface area contributed by atoms with E-state index in [0.717, 1.165) is 29.5 Å². The minimum Gasteiger partial charge on any atom is -0.456 e. The molecule has 11 heteroatoms. The number of benzene rings is 1. The number of hydrogen-bond donors (Lipinski definition) is 1. The zero-order chi connectivity index (χ0) is 20.0. The molecule has 2 aromatic rings. The van der Waals surface area contributed by atoms with Gasteiger partial charge in [0.2, 0.25) is 5.82 Å². The van der Waals surface area contributed by atoms with Crippen molar-refractivity contribution in [2.45, 2.75) is 12.8 Å². The lowest BCUT2D eigenvalue weighted by atomic mass is 10.2. The van der Waals surface area contributed by atoms with Crippen LogP contribution in [0.3, 0.4) is 0 Å². The molecule has 0 unspecified atom stereocenters. The molecule has 1 amide bonds. The summed E-state index contributed by atoms with van der Waals surface area (Å²) in [7, 11) is 0. The highest BCUT2D eigenvalue weighted by molar-refractivity contribution is 7.18. The number of hydrogen-bond acceptors (Lipinski definition) is 7. The summed E-state index contributed by atoms with van der Waals surface area (Å²) >= 11 is 6.82. The Hall–Kier alpha value is -2.85. The molecule has 0 spiro atoms. The van der Waals surface area contributed by atoms with E-state index in [1.54, 1.807) is 12.1 Å². The quantitative estimate of drug-likeness (QED) is 0.305. The summed E-state index contributed by atoms with van der Waals surface area (Å²) in [6, 6.07) is 5.94. The molecule has 0 aliphatic rings. The lowest BCUT2D eigenvalue weighted by Crippen LogP contribution is -2.21. The number of anilines is 1. The third-order valence-electron chi connectivity index (χ3n) is 3.20. The van der Waals surface area contributed by atoms with Gasteiger partial charge in [0.15, 0.2) is 12.4 Å². The SMILES string of the molecule is O=C(COC(=O)CCC(=O)c1ccc(Cl)s1)Nc1ccc(F)c([N+](=O)[O-])c1. The number of nitro groups is 1. The van der Waals surface area contributed by atoms with Crippen molar-refractivity contribution in [3.8, 4) is 0 Å². The molecule has 0 saturated heterocycles. The average molecular weight is 415 g/mol. The maximum atomic E-state index is 13.2. The Morgan fingerprint density at radius 1 is 1.22 bits per heavy atom. The number of ether oxygens (including phenoxy) is 1. The van der Waals surface area contributed by atoms with Crippen LogP contribution in [-0.2, 0) is 14.3 Å². The smallest absolute Gasteiger partial charge is 0.306 e. The molecule has 1 heterocycles. The molecular formula is C16H12ClFN2O6S. The fraction of sp³-hybridized carbons (Fsp3) is 0.188. The van der Waals surface area contributed by atoms with Crippen molar-refractivity contribution in [1.82, 2.24) is 0 Å². The van der Waals surface area contributed by atoms with Gasteiger partial charge >= 0.3 is 11.7 Å². The minimum absolute atomic E-state index is 0.0195. The molecular weight excluding hydrogens is 403 g/mol. The van der Waals surface area contributed by atoms with Crippen molar-refractivity contribution < 1.29 is 28.4 Å². The number of carbonyl (C=O) groups excluding carboxylic acids is 3. The molecule has 0 aliphatic carbocycles. The number of carbonyl (C=O) groups is 3. The zero-order valence-electron chi connectivity index (χ0n) is 13.6. The molecule has 2 rings (SSSR count). The van der Waals surface area contributed by atoms with Crippen LogP contribution in [-0.4, -0.2) is 29.2 Å². The van der Waals surface area contributed by atoms with Gasteiger partial charge in [0.05, 0.1) is 20.6 Å². The van der Waals surface area contributed by atoms with Crippen LogP contribution in [0.1, 0.15) is 22.5 Å². The first-order valence-electron chi connectivity index (χ1n) is 7.44. The number of ketones is 1. The lowest BCUT2D eigenvalue weighted by molar-refractivity contribution is -0.387. The molecule has 0 saturated carbocycles. The Morgan fingerprint density at radius 3 is 2.59 bits per heavy atom. The number of nitro benzene ring substituents is 1. The molecule has 1 aromatic heterocycles. The average Bonchev–Trinajstić information content (AvgIpc) is 3.05. The molecule has 0 fully saturated rings. The van der Waals surface area contributed by atoms with Gasteiger partial charge in [0.1, 0.15) is 0 Å². The predicted molar refractivity (Wildman–Crippen MR) is 95.5 cm³/mol. The number of esters is 1. The Morgan fingerprint density at radius 2 is 1.96 bits per heavy atom. The second kappa shape index (κ2) is 9.19. The lowest BCUT2D eigenvalue weighted by Gasteiger charge is -2.06. The van der Waals surface area contributed by atoms with Crippen molar-refractivity contribution in [1.29, 1.82) is 0 Å². The zero-order valence-corrected chi connectivity index (χ0v) is 15.1. The number of halogens is 2. The van der Waals surface area contributed by atoms with Gasteiger partial charge in [-0.2, -0.15) is 4.39 Å². The fourth-order valence-electron chi connectivity index (χ4n) is 1.95. The van der Waals surface area contributed by atoms with E-state index < -0.39 is 34.9 Å². The molecule has 8 nitrogen and oxygen atoms in total. The Labute approximate surface area is 161 Å². The summed E-state index contributed by atoms with van der Waals surface area (Å²) in [5.74, 6) is -2.83. The van der Waals surface area contributed by atoms with Gasteiger partial charge in [-0.05, 0) is 24.3 Å². The van der Waals surface area contributed by atoms with Gasteiger partial charge in [-0.3, -0.25) is 24.5 Å². The summed E-state index contributed by atoms with van der Waals surface area (Å²) in [5, 5.41) is 12.9. The maximum absolute atomic E-state index is 13.2. The fourth-order valence-corrected chi connectivity index (χ4v) is 2.96. The number of thiophene rings is 1. The summed E-state index contributed by atoms with van der Waals surface area (Å²) in [5.41, 5.74) is -0.814. The van der Waals surface area contributed by atoms with E-state index >= 15 is 0 Å². The Bertz CT molecular complexity index is 901. The molecule has 0 atom stereocenters. The highest BCUT2D eigenvalue weighted by Crippen LogP contribution is 2.23. The van der Waals surface area contributed by atoms with Gasteiger partial charge in [-0.15, -0.1) is 11.3 Å². The maximum Gasteiger partial charge on any atom is 0.306 e. The Kier molecular flexibility index (Phi) is 6.97. The van der Waals surface area contributed by atoms with Crippen LogP contribution in [0.25, 0.3) is 0 Å². The number of Topliss-reactive ketones (excluding diaryl/α,β-unsaturated/α-hetero) is 1. The van der Waals surface area contributed by atoms with Crippen molar-refractivity contribution >= 4 is 52.0 Å². The molecule has 142 valence electrons. The van der Waals surface area contributed by atoms with E-state index in [1.165, 1.54) is 0 Å². The van der Waals surface area contributed by atoms with E-state index in [4.69, 9.17) is 16.3 Å². The third-order valence-corrected chi connectivity index (χ3v) is 4.47. The van der Waals surface area contributed by atoms with Crippen LogP contribution in [0.4, 0.5) is 15.8 Å². The van der Waals surface area contributed by atoms with Crippen LogP contribution < -0.4 is 5.32 Å². The highest BCUT2D eigenvalue weighted by Gasteiger charge is 2.16. The van der Waals surface area contributed by atoms with Crippen molar-refractivity contribution in [2.75, 3.05) is 11.9 Å². The van der Waals surface area contributed by atoms with E-state index in [0.29, 0.717) is 9.21 Å². The number of amides is 1. The first kappa shape index (κ1) is 20.5. The van der Waals surface area contributed by atoms with Gasteiger partial charge < -0.3 is 10.1 Å². The van der Waals surface area contributed by atoms with Crippen LogP contribution in [0, 0.1) is 15.9 Å². The third kappa shape index (κ3) is 6.12. The normalized spacial score (nSPS) is 10.3. The van der Waals surface area contributed by atoms with Crippen molar-refractivity contribution in [3.63, 3.8) is 0 Å². The van der Waals surface area contributed by atoms with Crippen molar-refractivity contribution in [2.24, 2.45) is 0 Å². The molecule has 1 N–H and O–H groups in total. The first-order valence-corrected chi connectivity index (χ1v) is 8.63. The molecule has 0 aliphatic heterocycles. The number of nitrogens with zero attached hydrogens (tertiary/aromatic N) is 1. The molecule has 1 aromatic carbocycles. The second-order valence-electron chi connectivity index (χ2n) is 5.16. The summed E-state index contributed by atoms with van der Waals surface area (Å²) in [4.78, 5) is 45.3. The Balaban J connectivity index is 1.78. The van der Waals surface area contributed by atoms with E-state index in [9.17, 15) is 28.9 Å². The number of nitrogens with one attached hydrogen (secondary N) is 1. The molecule has 27 heavy (non-hydrogen) atoms. The largest absolute Gasteiger partial charge is 0.456 e. The number of rotatable bonds is 8. The van der Waals surface area contributed by atoms with Gasteiger partial charge in [0.25, 0.3) is 5.91 Å². The topological polar surface area (TPSA) is 116 Å². The van der Waals surface area contributed by atoms with Crippen LogP contribution in [0.2, 0.25) is 4.34 Å². The van der Waals surface area contributed by atoms with Crippen LogP contribution >= 0.6 is 22.9 Å². The predicted octanol–water partition coefficient (Wildman–Crippen LogP) is 3.59. The van der Waals surface area contributed by atoms with Crippen molar-refractivity contribution in [3.05, 3.63) is 55.5 Å². The molecule has 0 bridgehead atoms. The highest BCUT2D eigenvalue weighted by atomic mass is 35.5. The van der Waals surface area contributed by atoms with Gasteiger partial charge in [-0.1, -0.05) is 11.6 Å². The molecule has 0 radical (unpaired) electrons. The minimum atomic E-state index is -1.04. The van der Waals surface area contributed by atoms with Gasteiger partial charge in [0, 0.05) is 18.2 Å². The van der Waals surface area contributed by atoms with Gasteiger partial charge in [-0.25, -0.2) is 0 Å². The van der Waals surface area contributed by atoms with Crippen LogP contribution in [0.5, 0.6) is 0 Å². The monoisotopic (exact) mass is 414 g/mol. The van der Waals surface area contributed by atoms with E-state index in [2.05, 4.69) is 5.32 Å². The van der Waals surface area contributed by atoms with E-state index in [1.807, 2.05) is 0 Å². The summed E-state index contributed by atoms with van der Waals surface area (Å²) < 4.78 is 18.4. The summed E-state index contributed by atoms with van der Waals surface area (Å²) in [6.45, 7) is -0.650. The van der Waals surface area contributed by atoms with Crippen LogP contribution in [0.15, 0.2) is 30.3 Å². The second-order valence-corrected chi connectivity index (χ2v) is 6.87. The first-order chi connectivity index (χ1) is 12.8.